The van der Waals surface area contributed by atoms with Crippen molar-refractivity contribution in [2.24, 2.45) is 0 Å². The van der Waals surface area contributed by atoms with Gasteiger partial charge in [0.25, 0.3) is 0 Å². The molecule has 0 radical (unpaired) electrons. The van der Waals surface area contributed by atoms with Crippen LogP contribution in [0.3, 0.4) is 0 Å². The number of carbonyl (C=O) groups is 4. The van der Waals surface area contributed by atoms with Crippen LogP contribution in [0, 0.1) is 0 Å². The molecule has 0 saturated heterocycles. The summed E-state index contributed by atoms with van der Waals surface area (Å²) >= 11 is 0. The van der Waals surface area contributed by atoms with Crippen LogP contribution in [0.4, 0.5) is 0 Å². The van der Waals surface area contributed by atoms with Gasteiger partial charge in [-0.3, -0.25) is 9.59 Å². The molecule has 6 heteroatoms. The average molecular weight is 645 g/mol. The number of carbonyl (C=O) groups excluding carboxylic acids is 4. The van der Waals surface area contributed by atoms with E-state index in [9.17, 15) is 19.2 Å². The highest BCUT2D eigenvalue weighted by molar-refractivity contribution is 6.05. The molecule has 0 aromatic heterocycles. The van der Waals surface area contributed by atoms with E-state index >= 15 is 0 Å². The number of allylic oxidation sites excluding steroid dienone is 2. The van der Waals surface area contributed by atoms with Crippen molar-refractivity contribution in [3.63, 3.8) is 0 Å². The molecule has 248 valence electrons. The van der Waals surface area contributed by atoms with Crippen molar-refractivity contribution in [2.75, 3.05) is 0 Å². The number of benzene rings is 4. The lowest BCUT2D eigenvalue weighted by Gasteiger charge is -2.35. The van der Waals surface area contributed by atoms with Gasteiger partial charge in [-0.05, 0) is 107 Å². The van der Waals surface area contributed by atoms with Crippen LogP contribution in [0.15, 0.2) is 107 Å². The summed E-state index contributed by atoms with van der Waals surface area (Å²) in [5.74, 6) is -1.01. The topological polar surface area (TPSA) is 86.7 Å². The third-order valence-corrected chi connectivity index (χ3v) is 10.2. The molecule has 0 bridgehead atoms. The molecule has 2 unspecified atom stereocenters. The van der Waals surface area contributed by atoms with Gasteiger partial charge in [0.2, 0.25) is 0 Å². The molecule has 4 aromatic rings. The number of hydrogen-bond acceptors (Lipinski definition) is 6. The highest BCUT2D eigenvalue weighted by Crippen LogP contribution is 2.38. The number of ether oxygens (including phenoxy) is 2. The van der Waals surface area contributed by atoms with Crippen molar-refractivity contribution in [2.45, 2.75) is 91.3 Å². The third kappa shape index (κ3) is 7.18. The first-order valence-electron chi connectivity index (χ1n) is 16.6. The number of rotatable bonds is 6. The number of ketones is 2. The first-order chi connectivity index (χ1) is 22.8. The van der Waals surface area contributed by atoms with Crippen molar-refractivity contribution < 1.29 is 28.7 Å². The Hall–Kier alpha value is -4.84. The van der Waals surface area contributed by atoms with Crippen molar-refractivity contribution in [3.05, 3.63) is 118 Å². The maximum absolute atomic E-state index is 12.8. The third-order valence-electron chi connectivity index (χ3n) is 10.2. The van der Waals surface area contributed by atoms with Crippen LogP contribution in [0.5, 0.6) is 0 Å². The van der Waals surface area contributed by atoms with E-state index in [1.165, 1.54) is 25.0 Å². The Labute approximate surface area is 282 Å². The molecule has 2 aliphatic carbocycles. The second-order valence-electron chi connectivity index (χ2n) is 13.4. The molecule has 48 heavy (non-hydrogen) atoms. The van der Waals surface area contributed by atoms with Gasteiger partial charge in [-0.15, -0.1) is 0 Å². The second-order valence-corrected chi connectivity index (χ2v) is 13.4. The zero-order valence-corrected chi connectivity index (χ0v) is 28.8. The minimum absolute atomic E-state index is 0.0801. The van der Waals surface area contributed by atoms with E-state index in [0.29, 0.717) is 36.8 Å². The van der Waals surface area contributed by atoms with Crippen LogP contribution >= 0.6 is 0 Å². The van der Waals surface area contributed by atoms with Crippen LogP contribution in [0.2, 0.25) is 0 Å². The summed E-state index contributed by atoms with van der Waals surface area (Å²) in [7, 11) is 0. The van der Waals surface area contributed by atoms with Crippen molar-refractivity contribution in [3.8, 4) is 0 Å². The lowest BCUT2D eigenvalue weighted by atomic mass is 9.79. The number of Topliss-reactive ketones (excluding diaryl/α,β-unsaturated/α-hetero) is 2. The molecule has 2 atom stereocenters. The standard InChI is InChI=1S/2C21H22O3/c1-14-11-12-21(16(3)22,13-15(14)2)24-20(23)19-10-6-8-17-7-4-5-9-18(17)19;1-14-10-11-21(16(3)22,13-15(14)2)24-20(23)19-9-8-17-6-4-5-7-18(17)12-19/h4-10H,11-13H2,1-3H3;4-9,12H,10-11,13H2,1-3H3. The van der Waals surface area contributed by atoms with E-state index in [4.69, 9.17) is 9.47 Å². The fourth-order valence-corrected chi connectivity index (χ4v) is 6.65. The molecular weight excluding hydrogens is 600 g/mol. The summed E-state index contributed by atoms with van der Waals surface area (Å²) in [5, 5.41) is 3.89. The van der Waals surface area contributed by atoms with Gasteiger partial charge in [-0.25, -0.2) is 9.59 Å². The minimum atomic E-state index is -1.03. The van der Waals surface area contributed by atoms with Crippen LogP contribution in [-0.2, 0) is 19.1 Å². The summed E-state index contributed by atoms with van der Waals surface area (Å²) in [4.78, 5) is 50.1. The smallest absolute Gasteiger partial charge is 0.339 e. The SMILES string of the molecule is CC(=O)C1(OC(=O)c2ccc3ccccc3c2)CCC(C)=C(C)C1.CC(=O)C1(OC(=O)c2cccc3ccccc23)CCC(C)=C(C)C1. The molecule has 0 saturated carbocycles. The van der Waals surface area contributed by atoms with E-state index in [-0.39, 0.29) is 11.6 Å². The van der Waals surface area contributed by atoms with E-state index in [0.717, 1.165) is 45.5 Å². The van der Waals surface area contributed by atoms with Crippen molar-refractivity contribution >= 4 is 45.0 Å². The molecule has 0 fully saturated rings. The Morgan fingerprint density at radius 2 is 1.04 bits per heavy atom. The fraction of sp³-hybridized carbons (Fsp3) is 0.333. The summed E-state index contributed by atoms with van der Waals surface area (Å²) in [6, 6.07) is 26.6. The molecule has 2 aliphatic rings. The number of hydrogen-bond donors (Lipinski definition) is 0. The van der Waals surface area contributed by atoms with Gasteiger partial charge in [-0.2, -0.15) is 0 Å². The second kappa shape index (κ2) is 14.1. The van der Waals surface area contributed by atoms with E-state index in [1.54, 1.807) is 12.1 Å². The summed E-state index contributed by atoms with van der Waals surface area (Å²) in [6.45, 7) is 11.2. The van der Waals surface area contributed by atoms with Gasteiger partial charge >= 0.3 is 11.9 Å². The Morgan fingerprint density at radius 1 is 0.542 bits per heavy atom. The summed E-state index contributed by atoms with van der Waals surface area (Å²) in [6.07, 6.45) is 3.68. The lowest BCUT2D eigenvalue weighted by molar-refractivity contribution is -0.137. The fourth-order valence-electron chi connectivity index (χ4n) is 6.65. The monoisotopic (exact) mass is 644 g/mol. The van der Waals surface area contributed by atoms with Crippen LogP contribution < -0.4 is 0 Å². The van der Waals surface area contributed by atoms with Gasteiger partial charge in [0.05, 0.1) is 11.1 Å². The first kappa shape index (κ1) is 34.5. The van der Waals surface area contributed by atoms with E-state index in [2.05, 4.69) is 13.8 Å². The molecule has 0 aliphatic heterocycles. The maximum Gasteiger partial charge on any atom is 0.339 e. The van der Waals surface area contributed by atoms with Crippen LogP contribution in [0.1, 0.15) is 101 Å². The largest absolute Gasteiger partial charge is 0.447 e. The van der Waals surface area contributed by atoms with Gasteiger partial charge in [0.15, 0.2) is 22.8 Å². The normalized spacial score (nSPS) is 21.0. The number of esters is 2. The quantitative estimate of drug-likeness (QED) is 0.153. The molecule has 6 nitrogen and oxygen atoms in total. The van der Waals surface area contributed by atoms with E-state index < -0.39 is 23.1 Å². The predicted octanol–water partition coefficient (Wildman–Crippen LogP) is 9.69. The van der Waals surface area contributed by atoms with Crippen molar-refractivity contribution in [1.29, 1.82) is 0 Å². The highest BCUT2D eigenvalue weighted by atomic mass is 16.6. The Bertz CT molecular complexity index is 1970. The van der Waals surface area contributed by atoms with E-state index in [1.807, 2.05) is 86.6 Å². The molecule has 0 heterocycles. The molecule has 0 spiro atoms. The summed E-state index contributed by atoms with van der Waals surface area (Å²) in [5.41, 5.74) is 3.80. The van der Waals surface area contributed by atoms with Gasteiger partial charge in [0, 0.05) is 12.8 Å². The molecular formula is C42H44O6. The van der Waals surface area contributed by atoms with Gasteiger partial charge < -0.3 is 9.47 Å². The molecule has 6 rings (SSSR count). The lowest BCUT2D eigenvalue weighted by Crippen LogP contribution is -2.44. The van der Waals surface area contributed by atoms with Crippen LogP contribution in [-0.4, -0.2) is 34.7 Å². The van der Waals surface area contributed by atoms with Gasteiger partial charge in [0.1, 0.15) is 0 Å². The Balaban J connectivity index is 0.000000188. The van der Waals surface area contributed by atoms with Crippen LogP contribution in [0.25, 0.3) is 21.5 Å². The highest BCUT2D eigenvalue weighted by Gasteiger charge is 2.43. The minimum Gasteiger partial charge on any atom is -0.447 e. The number of fused-ring (bicyclic) bond motifs is 2. The molecule has 0 N–H and O–H groups in total. The Kier molecular flexibility index (Phi) is 10.1. The zero-order chi connectivity index (χ0) is 34.6. The maximum atomic E-state index is 12.8. The summed E-state index contributed by atoms with van der Waals surface area (Å²) < 4.78 is 11.6. The Morgan fingerprint density at radius 3 is 1.60 bits per heavy atom. The molecule has 4 aromatic carbocycles. The molecule has 0 amide bonds. The zero-order valence-electron chi connectivity index (χ0n) is 28.8. The predicted molar refractivity (Wildman–Crippen MR) is 190 cm³/mol. The first-order valence-corrected chi connectivity index (χ1v) is 16.6. The van der Waals surface area contributed by atoms with Crippen molar-refractivity contribution in [1.82, 2.24) is 0 Å². The van der Waals surface area contributed by atoms with Gasteiger partial charge in [-0.1, -0.05) is 89.0 Å². The average Bonchev–Trinajstić information content (AvgIpc) is 3.07.